The molecular formula is C19H27ClN4O. The summed E-state index contributed by atoms with van der Waals surface area (Å²) in [7, 11) is 0. The van der Waals surface area contributed by atoms with Gasteiger partial charge in [-0.3, -0.25) is 10.2 Å². The fourth-order valence-electron chi connectivity index (χ4n) is 5.43. The Morgan fingerprint density at radius 1 is 1.16 bits per heavy atom. The predicted molar refractivity (Wildman–Crippen MR) is 101 cm³/mol. The van der Waals surface area contributed by atoms with Crippen LogP contribution in [0.5, 0.6) is 0 Å². The predicted octanol–water partition coefficient (Wildman–Crippen LogP) is 1.72. The lowest BCUT2D eigenvalue weighted by molar-refractivity contribution is -0.121. The number of nitrogens with zero attached hydrogens (tertiary/aromatic N) is 1. The van der Waals surface area contributed by atoms with Gasteiger partial charge in [0.2, 0.25) is 5.91 Å². The summed E-state index contributed by atoms with van der Waals surface area (Å²) in [5, 5.41) is 3.45. The van der Waals surface area contributed by atoms with Crippen LogP contribution in [0.15, 0.2) is 24.3 Å². The summed E-state index contributed by atoms with van der Waals surface area (Å²) in [4.78, 5) is 15.5. The van der Waals surface area contributed by atoms with Gasteiger partial charge < -0.3 is 10.2 Å². The molecule has 2 saturated heterocycles. The molecule has 3 heterocycles. The summed E-state index contributed by atoms with van der Waals surface area (Å²) < 4.78 is 0. The van der Waals surface area contributed by atoms with Gasteiger partial charge in [0, 0.05) is 36.2 Å². The largest absolute Gasteiger partial charge is 0.316 e. The number of hydrogen-bond donors (Lipinski definition) is 3. The molecule has 1 amide bonds. The topological polar surface area (TPSA) is 56.4 Å². The summed E-state index contributed by atoms with van der Waals surface area (Å²) in [6, 6.07) is 8.88. The van der Waals surface area contributed by atoms with E-state index in [1.165, 1.54) is 31.2 Å². The minimum Gasteiger partial charge on any atom is -0.316 e. The zero-order valence-corrected chi connectivity index (χ0v) is 15.3. The summed E-state index contributed by atoms with van der Waals surface area (Å²) in [6.45, 7) is 2.82. The average molecular weight is 363 g/mol. The van der Waals surface area contributed by atoms with Gasteiger partial charge >= 0.3 is 0 Å². The third-order valence-corrected chi connectivity index (χ3v) is 6.70. The van der Waals surface area contributed by atoms with E-state index in [4.69, 9.17) is 0 Å². The highest BCUT2D eigenvalue weighted by Gasteiger charge is 2.49. The van der Waals surface area contributed by atoms with E-state index >= 15 is 0 Å². The third-order valence-electron chi connectivity index (χ3n) is 6.70. The van der Waals surface area contributed by atoms with Crippen LogP contribution in [0.3, 0.4) is 0 Å². The molecule has 6 heteroatoms. The molecule has 1 spiro atoms. The number of para-hydroxylation sites is 1. The zero-order valence-electron chi connectivity index (χ0n) is 14.5. The fraction of sp³-hybridized carbons (Fsp3) is 0.632. The number of anilines is 1. The van der Waals surface area contributed by atoms with Crippen molar-refractivity contribution in [2.45, 2.75) is 49.6 Å². The Balaban J connectivity index is 0.00000157. The van der Waals surface area contributed by atoms with Crippen LogP contribution >= 0.6 is 12.4 Å². The van der Waals surface area contributed by atoms with Gasteiger partial charge in [0.15, 0.2) is 0 Å². The number of hydrogen-bond acceptors (Lipinski definition) is 4. The number of carbonyl (C=O) groups excluding carboxylic acids is 1. The highest BCUT2D eigenvalue weighted by atomic mass is 35.5. The maximum atomic E-state index is 13.4. The number of benzene rings is 1. The second-order valence-corrected chi connectivity index (χ2v) is 7.96. The second kappa shape index (κ2) is 6.54. The van der Waals surface area contributed by atoms with Crippen LogP contribution in [-0.4, -0.2) is 37.6 Å². The molecule has 0 bridgehead atoms. The molecule has 4 aliphatic rings. The number of piperidine rings is 1. The highest BCUT2D eigenvalue weighted by Crippen LogP contribution is 2.50. The minimum atomic E-state index is -0.118. The van der Waals surface area contributed by atoms with Crippen LogP contribution in [0.25, 0.3) is 0 Å². The first kappa shape index (κ1) is 17.3. The normalized spacial score (nSPS) is 32.3. The molecule has 0 radical (unpaired) electrons. The van der Waals surface area contributed by atoms with Crippen LogP contribution < -0.4 is 21.1 Å². The monoisotopic (exact) mass is 362 g/mol. The maximum Gasteiger partial charge on any atom is 0.245 e. The van der Waals surface area contributed by atoms with Crippen molar-refractivity contribution in [3.8, 4) is 0 Å². The lowest BCUT2D eigenvalue weighted by Crippen LogP contribution is -2.51. The lowest BCUT2D eigenvalue weighted by Gasteiger charge is -2.30. The Hall–Kier alpha value is -1.14. The zero-order chi connectivity index (χ0) is 16.1. The molecule has 1 aromatic rings. The lowest BCUT2D eigenvalue weighted by atomic mass is 9.81. The van der Waals surface area contributed by atoms with Crippen molar-refractivity contribution in [2.24, 2.45) is 5.92 Å². The molecule has 3 N–H and O–H groups in total. The van der Waals surface area contributed by atoms with Gasteiger partial charge in [-0.05, 0) is 37.4 Å². The minimum absolute atomic E-state index is 0. The smallest absolute Gasteiger partial charge is 0.245 e. The summed E-state index contributed by atoms with van der Waals surface area (Å²) in [6.07, 6.45) is 6.10. The molecule has 1 aliphatic carbocycles. The van der Waals surface area contributed by atoms with E-state index in [0.29, 0.717) is 12.0 Å². The molecule has 3 fully saturated rings. The van der Waals surface area contributed by atoms with Crippen LogP contribution in [0.2, 0.25) is 0 Å². The number of amides is 1. The van der Waals surface area contributed by atoms with E-state index in [1.54, 1.807) is 0 Å². The molecule has 136 valence electrons. The number of hydrazine groups is 1. The van der Waals surface area contributed by atoms with E-state index in [0.717, 1.165) is 31.7 Å². The summed E-state index contributed by atoms with van der Waals surface area (Å²) in [5.74, 6) is 0.591. The van der Waals surface area contributed by atoms with E-state index < -0.39 is 0 Å². The van der Waals surface area contributed by atoms with Crippen molar-refractivity contribution in [2.75, 3.05) is 24.5 Å². The first-order valence-corrected chi connectivity index (χ1v) is 9.41. The van der Waals surface area contributed by atoms with Crippen LogP contribution in [0.4, 0.5) is 5.69 Å². The Morgan fingerprint density at radius 2 is 1.96 bits per heavy atom. The number of rotatable bonds is 1. The summed E-state index contributed by atoms with van der Waals surface area (Å²) in [5.41, 5.74) is 9.43. The number of halogens is 1. The molecule has 5 nitrogen and oxygen atoms in total. The van der Waals surface area contributed by atoms with Gasteiger partial charge in [0.25, 0.3) is 0 Å². The second-order valence-electron chi connectivity index (χ2n) is 7.96. The Morgan fingerprint density at radius 3 is 2.80 bits per heavy atom. The third kappa shape index (κ3) is 2.60. The molecule has 1 saturated carbocycles. The van der Waals surface area contributed by atoms with Gasteiger partial charge in [-0.15, -0.1) is 12.4 Å². The van der Waals surface area contributed by atoms with Crippen molar-refractivity contribution in [3.63, 3.8) is 0 Å². The van der Waals surface area contributed by atoms with Gasteiger partial charge in [-0.1, -0.05) is 31.0 Å². The number of carbonyl (C=O) groups is 1. The van der Waals surface area contributed by atoms with Crippen LogP contribution in [0.1, 0.15) is 37.7 Å². The van der Waals surface area contributed by atoms with Crippen molar-refractivity contribution in [3.05, 3.63) is 29.8 Å². The van der Waals surface area contributed by atoms with E-state index in [1.807, 2.05) is 0 Å². The first-order valence-electron chi connectivity index (χ1n) is 9.41. The van der Waals surface area contributed by atoms with Gasteiger partial charge in [0.05, 0.1) is 0 Å². The maximum absolute atomic E-state index is 13.4. The number of nitrogens with one attached hydrogen (secondary N) is 3. The van der Waals surface area contributed by atoms with Crippen molar-refractivity contribution < 1.29 is 4.79 Å². The first-order chi connectivity index (χ1) is 11.8. The van der Waals surface area contributed by atoms with Crippen molar-refractivity contribution in [1.29, 1.82) is 0 Å². The van der Waals surface area contributed by atoms with Crippen molar-refractivity contribution >= 4 is 24.0 Å². The van der Waals surface area contributed by atoms with Gasteiger partial charge in [-0.25, -0.2) is 5.43 Å². The SMILES string of the molecule is Cl.O=C(C1NNC2CCNCC21)N1CC2(CCCC2)c2ccccc21. The van der Waals surface area contributed by atoms with Crippen LogP contribution in [-0.2, 0) is 10.2 Å². The fourth-order valence-corrected chi connectivity index (χ4v) is 5.43. The van der Waals surface area contributed by atoms with Crippen LogP contribution in [0, 0.1) is 5.92 Å². The molecule has 3 aliphatic heterocycles. The Kier molecular flexibility index (Phi) is 4.52. The van der Waals surface area contributed by atoms with Crippen molar-refractivity contribution in [1.82, 2.24) is 16.2 Å². The molecule has 0 aromatic heterocycles. The molecule has 25 heavy (non-hydrogen) atoms. The average Bonchev–Trinajstić information content (AvgIpc) is 3.34. The van der Waals surface area contributed by atoms with E-state index in [-0.39, 0.29) is 29.8 Å². The molecule has 3 atom stereocenters. The van der Waals surface area contributed by atoms with Gasteiger partial charge in [-0.2, -0.15) is 0 Å². The standard InChI is InChI=1S/C19H26N4O.ClH/c24-18(17-13-11-20-10-7-15(13)21-22-17)23-12-19(8-3-4-9-19)14-5-1-2-6-16(14)23;/h1-2,5-6,13,15,17,20-22H,3-4,7-12H2;1H. The van der Waals surface area contributed by atoms with Gasteiger partial charge in [0.1, 0.15) is 6.04 Å². The molecular weight excluding hydrogens is 336 g/mol. The molecule has 1 aromatic carbocycles. The summed E-state index contributed by atoms with van der Waals surface area (Å²) >= 11 is 0. The highest BCUT2D eigenvalue weighted by molar-refractivity contribution is 6.00. The quantitative estimate of drug-likeness (QED) is 0.712. The molecule has 3 unspecified atom stereocenters. The Labute approximate surface area is 155 Å². The van der Waals surface area contributed by atoms with E-state index in [9.17, 15) is 4.79 Å². The van der Waals surface area contributed by atoms with E-state index in [2.05, 4.69) is 45.3 Å². The number of fused-ring (bicyclic) bond motifs is 3. The Bertz CT molecular complexity index is 661. The molecule has 5 rings (SSSR count).